The number of carbonyl (C=O) groups excluding carboxylic acids is 1. The third-order valence-electron chi connectivity index (χ3n) is 2.38. The number of carbonyl (C=O) groups is 1. The average Bonchev–Trinajstić information content (AvgIpc) is 2.63. The standard InChI is InChI=1S/C12H16N4O/c1-12(2,13)6-11(17)15-9-4-3-5-10-8(9)7-14-16-10/h3-5,7H,6,13H2,1-2H3,(H,14,16)(H,15,17). The summed E-state index contributed by atoms with van der Waals surface area (Å²) in [6, 6.07) is 5.62. The maximum atomic E-state index is 11.8. The number of hydrogen-bond acceptors (Lipinski definition) is 3. The number of amides is 1. The predicted molar refractivity (Wildman–Crippen MR) is 67.6 cm³/mol. The third kappa shape index (κ3) is 2.82. The van der Waals surface area contributed by atoms with Crippen molar-refractivity contribution in [3.05, 3.63) is 24.4 Å². The first-order valence-electron chi connectivity index (χ1n) is 5.46. The number of aromatic nitrogens is 2. The van der Waals surface area contributed by atoms with Crippen LogP contribution in [0.4, 0.5) is 5.69 Å². The Hall–Kier alpha value is -1.88. The van der Waals surface area contributed by atoms with E-state index in [0.29, 0.717) is 0 Å². The summed E-state index contributed by atoms with van der Waals surface area (Å²) < 4.78 is 0. The van der Waals surface area contributed by atoms with E-state index in [9.17, 15) is 4.79 Å². The molecule has 1 amide bonds. The zero-order chi connectivity index (χ0) is 12.5. The summed E-state index contributed by atoms with van der Waals surface area (Å²) in [5.74, 6) is -0.0915. The molecule has 0 aliphatic rings. The van der Waals surface area contributed by atoms with Gasteiger partial charge in [0.05, 0.1) is 17.4 Å². The molecule has 0 unspecified atom stereocenters. The van der Waals surface area contributed by atoms with E-state index in [1.165, 1.54) is 0 Å². The maximum absolute atomic E-state index is 11.8. The highest BCUT2D eigenvalue weighted by molar-refractivity contribution is 6.01. The SMILES string of the molecule is CC(C)(N)CC(=O)Nc1cccc2[nH]ncc12. The Morgan fingerprint density at radius 1 is 1.53 bits per heavy atom. The van der Waals surface area contributed by atoms with E-state index < -0.39 is 5.54 Å². The molecule has 5 heteroatoms. The lowest BCUT2D eigenvalue weighted by molar-refractivity contribution is -0.117. The highest BCUT2D eigenvalue weighted by atomic mass is 16.1. The molecule has 2 aromatic rings. The Bertz CT molecular complexity index is 539. The van der Waals surface area contributed by atoms with Crippen LogP contribution in [0.25, 0.3) is 10.9 Å². The van der Waals surface area contributed by atoms with Crippen molar-refractivity contribution in [3.63, 3.8) is 0 Å². The lowest BCUT2D eigenvalue weighted by atomic mass is 10.0. The molecule has 0 aliphatic heterocycles. The molecule has 0 fully saturated rings. The predicted octanol–water partition coefficient (Wildman–Crippen LogP) is 1.63. The number of nitrogens with one attached hydrogen (secondary N) is 2. The van der Waals surface area contributed by atoms with Crippen LogP contribution < -0.4 is 11.1 Å². The fourth-order valence-electron chi connectivity index (χ4n) is 1.69. The second kappa shape index (κ2) is 4.18. The molecule has 0 atom stereocenters. The van der Waals surface area contributed by atoms with Crippen LogP contribution in [0.1, 0.15) is 20.3 Å². The van der Waals surface area contributed by atoms with E-state index in [1.807, 2.05) is 32.0 Å². The van der Waals surface area contributed by atoms with Crippen molar-refractivity contribution in [2.45, 2.75) is 25.8 Å². The minimum Gasteiger partial charge on any atom is -0.325 e. The topological polar surface area (TPSA) is 83.8 Å². The first-order valence-corrected chi connectivity index (χ1v) is 5.46. The Balaban J connectivity index is 2.18. The van der Waals surface area contributed by atoms with Gasteiger partial charge in [-0.15, -0.1) is 0 Å². The van der Waals surface area contributed by atoms with Crippen LogP contribution >= 0.6 is 0 Å². The number of rotatable bonds is 3. The van der Waals surface area contributed by atoms with Crippen molar-refractivity contribution < 1.29 is 4.79 Å². The molecule has 5 nitrogen and oxygen atoms in total. The molecule has 0 radical (unpaired) electrons. The molecule has 1 aromatic carbocycles. The molecule has 0 aliphatic carbocycles. The summed E-state index contributed by atoms with van der Waals surface area (Å²) in [6.07, 6.45) is 1.97. The molecule has 0 bridgehead atoms. The second-order valence-corrected chi connectivity index (χ2v) is 4.85. The molecule has 90 valence electrons. The first-order chi connectivity index (χ1) is 7.96. The number of hydrogen-bond donors (Lipinski definition) is 3. The van der Waals surface area contributed by atoms with E-state index in [0.717, 1.165) is 16.6 Å². The smallest absolute Gasteiger partial charge is 0.226 e. The maximum Gasteiger partial charge on any atom is 0.226 e. The largest absolute Gasteiger partial charge is 0.325 e. The molecule has 1 aromatic heterocycles. The van der Waals surface area contributed by atoms with Gasteiger partial charge < -0.3 is 11.1 Å². The average molecular weight is 232 g/mol. The fraction of sp³-hybridized carbons (Fsp3) is 0.333. The summed E-state index contributed by atoms with van der Waals surface area (Å²) in [5.41, 5.74) is 6.95. The highest BCUT2D eigenvalue weighted by Gasteiger charge is 2.17. The lowest BCUT2D eigenvalue weighted by Gasteiger charge is -2.17. The normalized spacial score (nSPS) is 11.7. The van der Waals surface area contributed by atoms with E-state index in [4.69, 9.17) is 5.73 Å². The van der Waals surface area contributed by atoms with Crippen LogP contribution in [-0.2, 0) is 4.79 Å². The van der Waals surface area contributed by atoms with Crippen molar-refractivity contribution in [1.82, 2.24) is 10.2 Å². The Morgan fingerprint density at radius 2 is 2.29 bits per heavy atom. The van der Waals surface area contributed by atoms with Gasteiger partial charge in [0.1, 0.15) is 0 Å². The quantitative estimate of drug-likeness (QED) is 0.752. The summed E-state index contributed by atoms with van der Waals surface area (Å²) in [4.78, 5) is 11.8. The molecule has 0 spiro atoms. The van der Waals surface area contributed by atoms with Crippen molar-refractivity contribution in [2.75, 3.05) is 5.32 Å². The molecular weight excluding hydrogens is 216 g/mol. The highest BCUT2D eigenvalue weighted by Crippen LogP contribution is 2.21. The monoisotopic (exact) mass is 232 g/mol. The molecule has 17 heavy (non-hydrogen) atoms. The van der Waals surface area contributed by atoms with Gasteiger partial charge >= 0.3 is 0 Å². The van der Waals surface area contributed by atoms with Gasteiger partial charge in [0.25, 0.3) is 0 Å². The Kier molecular flexibility index (Phi) is 2.85. The molecule has 1 heterocycles. The summed E-state index contributed by atoms with van der Waals surface area (Å²) in [6.45, 7) is 3.65. The number of benzene rings is 1. The molecule has 0 saturated carbocycles. The van der Waals surface area contributed by atoms with Crippen LogP contribution in [0.3, 0.4) is 0 Å². The number of anilines is 1. The second-order valence-electron chi connectivity index (χ2n) is 4.85. The molecule has 4 N–H and O–H groups in total. The number of aromatic amines is 1. The minimum atomic E-state index is -0.506. The molecule has 0 saturated heterocycles. The van der Waals surface area contributed by atoms with Crippen LogP contribution in [0.15, 0.2) is 24.4 Å². The lowest BCUT2D eigenvalue weighted by Crippen LogP contribution is -2.36. The van der Waals surface area contributed by atoms with Crippen LogP contribution in [0.5, 0.6) is 0 Å². The van der Waals surface area contributed by atoms with E-state index in [-0.39, 0.29) is 12.3 Å². The number of H-pyrrole nitrogens is 1. The van der Waals surface area contributed by atoms with Gasteiger partial charge in [-0.2, -0.15) is 5.10 Å². The van der Waals surface area contributed by atoms with Gasteiger partial charge in [0.2, 0.25) is 5.91 Å². The van der Waals surface area contributed by atoms with E-state index in [2.05, 4.69) is 15.5 Å². The zero-order valence-electron chi connectivity index (χ0n) is 9.95. The zero-order valence-corrected chi connectivity index (χ0v) is 9.95. The van der Waals surface area contributed by atoms with Crippen LogP contribution in [0, 0.1) is 0 Å². The van der Waals surface area contributed by atoms with E-state index >= 15 is 0 Å². The fourth-order valence-corrected chi connectivity index (χ4v) is 1.69. The molecular formula is C12H16N4O. The van der Waals surface area contributed by atoms with Crippen molar-refractivity contribution in [1.29, 1.82) is 0 Å². The number of nitrogens with two attached hydrogens (primary N) is 1. The van der Waals surface area contributed by atoms with Crippen molar-refractivity contribution in [3.8, 4) is 0 Å². The molecule has 2 rings (SSSR count). The Morgan fingerprint density at radius 3 is 3.00 bits per heavy atom. The van der Waals surface area contributed by atoms with E-state index in [1.54, 1.807) is 6.20 Å². The summed E-state index contributed by atoms with van der Waals surface area (Å²) in [5, 5.41) is 10.5. The third-order valence-corrected chi connectivity index (χ3v) is 2.38. The van der Waals surface area contributed by atoms with Gasteiger partial charge in [-0.1, -0.05) is 6.07 Å². The Labute approximate surface area is 99.4 Å². The van der Waals surface area contributed by atoms with Gasteiger partial charge in [0.15, 0.2) is 0 Å². The van der Waals surface area contributed by atoms with Gasteiger partial charge in [-0.3, -0.25) is 9.89 Å². The van der Waals surface area contributed by atoms with Gasteiger partial charge in [-0.05, 0) is 26.0 Å². The number of fused-ring (bicyclic) bond motifs is 1. The van der Waals surface area contributed by atoms with Crippen molar-refractivity contribution >= 4 is 22.5 Å². The van der Waals surface area contributed by atoms with Crippen molar-refractivity contribution in [2.24, 2.45) is 5.73 Å². The number of nitrogens with zero attached hydrogens (tertiary/aromatic N) is 1. The van der Waals surface area contributed by atoms with Crippen LogP contribution in [-0.4, -0.2) is 21.6 Å². The van der Waals surface area contributed by atoms with Gasteiger partial charge in [-0.25, -0.2) is 0 Å². The first kappa shape index (κ1) is 11.6. The van der Waals surface area contributed by atoms with Crippen LogP contribution in [0.2, 0.25) is 0 Å². The minimum absolute atomic E-state index is 0.0915. The summed E-state index contributed by atoms with van der Waals surface area (Å²) in [7, 11) is 0. The van der Waals surface area contributed by atoms with Gasteiger partial charge in [0, 0.05) is 17.3 Å². The summed E-state index contributed by atoms with van der Waals surface area (Å²) >= 11 is 0.